The van der Waals surface area contributed by atoms with Crippen LogP contribution >= 0.6 is 23.2 Å². The van der Waals surface area contributed by atoms with Crippen LogP contribution in [0.3, 0.4) is 0 Å². The van der Waals surface area contributed by atoms with Crippen LogP contribution in [-0.4, -0.2) is 28.5 Å². The highest BCUT2D eigenvalue weighted by Crippen LogP contribution is 2.22. The Labute approximate surface area is 146 Å². The van der Waals surface area contributed by atoms with E-state index in [0.29, 0.717) is 26.8 Å². The molecule has 0 aliphatic rings. The molecule has 0 saturated carbocycles. The number of esters is 1. The maximum atomic E-state index is 12.0. The van der Waals surface area contributed by atoms with Gasteiger partial charge in [-0.3, -0.25) is 4.79 Å². The van der Waals surface area contributed by atoms with Gasteiger partial charge in [-0.05, 0) is 36.4 Å². The fourth-order valence-corrected chi connectivity index (χ4v) is 2.63. The number of nitrogens with zero attached hydrogens (tertiary/aromatic N) is 1. The van der Waals surface area contributed by atoms with E-state index in [9.17, 15) is 9.59 Å². The summed E-state index contributed by atoms with van der Waals surface area (Å²) in [6.07, 6.45) is 1.53. The Kier molecular flexibility index (Phi) is 4.69. The number of H-pyrrole nitrogens is 1. The number of amides is 1. The van der Waals surface area contributed by atoms with E-state index in [2.05, 4.69) is 15.3 Å². The Morgan fingerprint density at radius 2 is 1.88 bits per heavy atom. The molecule has 2 aromatic carbocycles. The summed E-state index contributed by atoms with van der Waals surface area (Å²) in [4.78, 5) is 30.8. The van der Waals surface area contributed by atoms with Gasteiger partial charge in [0.2, 0.25) is 0 Å². The molecular formula is C16H11Cl2N3O3. The van der Waals surface area contributed by atoms with Gasteiger partial charge in [0.25, 0.3) is 5.91 Å². The van der Waals surface area contributed by atoms with E-state index in [0.717, 1.165) is 5.52 Å². The minimum absolute atomic E-state index is 0.324. The number of fused-ring (bicyclic) bond motifs is 1. The predicted molar refractivity (Wildman–Crippen MR) is 91.5 cm³/mol. The van der Waals surface area contributed by atoms with Crippen molar-refractivity contribution in [3.63, 3.8) is 0 Å². The molecule has 0 unspecified atom stereocenters. The van der Waals surface area contributed by atoms with Crippen LogP contribution in [-0.2, 0) is 9.53 Å². The Morgan fingerprint density at radius 1 is 1.12 bits per heavy atom. The number of rotatable bonds is 4. The predicted octanol–water partition coefficient (Wildman–Crippen LogP) is 3.67. The molecule has 0 radical (unpaired) electrons. The van der Waals surface area contributed by atoms with Gasteiger partial charge in [-0.1, -0.05) is 23.2 Å². The smallest absolute Gasteiger partial charge is 0.338 e. The third-order valence-electron chi connectivity index (χ3n) is 3.14. The summed E-state index contributed by atoms with van der Waals surface area (Å²) in [5, 5.41) is 3.34. The molecule has 122 valence electrons. The zero-order chi connectivity index (χ0) is 17.1. The molecule has 8 heteroatoms. The van der Waals surface area contributed by atoms with E-state index in [1.165, 1.54) is 6.33 Å². The molecule has 3 rings (SSSR count). The Hall–Kier alpha value is -2.57. The zero-order valence-corrected chi connectivity index (χ0v) is 13.7. The van der Waals surface area contributed by atoms with Crippen molar-refractivity contribution in [2.45, 2.75) is 0 Å². The number of halogens is 2. The first kappa shape index (κ1) is 16.3. The molecule has 0 aliphatic carbocycles. The topological polar surface area (TPSA) is 84.1 Å². The first-order valence-electron chi connectivity index (χ1n) is 6.87. The third-order valence-corrected chi connectivity index (χ3v) is 3.57. The van der Waals surface area contributed by atoms with Crippen molar-refractivity contribution in [2.24, 2.45) is 0 Å². The summed E-state index contributed by atoms with van der Waals surface area (Å²) in [7, 11) is 0. The highest BCUT2D eigenvalue weighted by atomic mass is 35.5. The largest absolute Gasteiger partial charge is 0.452 e. The van der Waals surface area contributed by atoms with Crippen molar-refractivity contribution >= 4 is 51.8 Å². The molecule has 2 N–H and O–H groups in total. The number of aromatic nitrogens is 2. The van der Waals surface area contributed by atoms with Crippen molar-refractivity contribution in [1.29, 1.82) is 0 Å². The summed E-state index contributed by atoms with van der Waals surface area (Å²) in [5.41, 5.74) is 2.20. The summed E-state index contributed by atoms with van der Waals surface area (Å²) >= 11 is 11.7. The second-order valence-corrected chi connectivity index (χ2v) is 5.79. The lowest BCUT2D eigenvalue weighted by Gasteiger charge is -2.07. The Balaban J connectivity index is 1.59. The SMILES string of the molecule is O=C(COC(=O)c1ccc2nc[nH]c2c1)Nc1cc(Cl)cc(Cl)c1. The molecule has 0 saturated heterocycles. The maximum Gasteiger partial charge on any atom is 0.338 e. The van der Waals surface area contributed by atoms with Gasteiger partial charge in [0.15, 0.2) is 6.61 Å². The van der Waals surface area contributed by atoms with Crippen LogP contribution in [0.2, 0.25) is 10.0 Å². The summed E-state index contributed by atoms with van der Waals surface area (Å²) in [6.45, 7) is -0.427. The van der Waals surface area contributed by atoms with Crippen molar-refractivity contribution in [1.82, 2.24) is 9.97 Å². The van der Waals surface area contributed by atoms with Gasteiger partial charge in [-0.15, -0.1) is 0 Å². The number of hydrogen-bond donors (Lipinski definition) is 2. The van der Waals surface area contributed by atoms with Crippen LogP contribution in [0.1, 0.15) is 10.4 Å². The van der Waals surface area contributed by atoms with Gasteiger partial charge in [-0.2, -0.15) is 0 Å². The molecular weight excluding hydrogens is 353 g/mol. The number of anilines is 1. The minimum atomic E-state index is -0.606. The summed E-state index contributed by atoms with van der Waals surface area (Å²) in [5.74, 6) is -1.10. The number of carbonyl (C=O) groups is 2. The van der Waals surface area contributed by atoms with E-state index in [1.807, 2.05) is 0 Å². The van der Waals surface area contributed by atoms with Gasteiger partial charge in [0, 0.05) is 15.7 Å². The summed E-state index contributed by atoms with van der Waals surface area (Å²) < 4.78 is 5.00. The van der Waals surface area contributed by atoms with Crippen LogP contribution in [0.5, 0.6) is 0 Å². The lowest BCUT2D eigenvalue weighted by molar-refractivity contribution is -0.119. The maximum absolute atomic E-state index is 12.0. The molecule has 24 heavy (non-hydrogen) atoms. The molecule has 1 aromatic heterocycles. The molecule has 6 nitrogen and oxygen atoms in total. The number of nitrogens with one attached hydrogen (secondary N) is 2. The Bertz CT molecular complexity index is 904. The molecule has 0 bridgehead atoms. The van der Waals surface area contributed by atoms with Gasteiger partial charge < -0.3 is 15.0 Å². The average Bonchev–Trinajstić information content (AvgIpc) is 2.99. The minimum Gasteiger partial charge on any atom is -0.452 e. The van der Waals surface area contributed by atoms with E-state index < -0.39 is 18.5 Å². The third kappa shape index (κ3) is 3.84. The first-order chi connectivity index (χ1) is 11.5. The van der Waals surface area contributed by atoms with E-state index in [4.69, 9.17) is 27.9 Å². The van der Waals surface area contributed by atoms with Gasteiger partial charge >= 0.3 is 5.97 Å². The summed E-state index contributed by atoms with van der Waals surface area (Å²) in [6, 6.07) is 9.51. The second kappa shape index (κ2) is 6.90. The number of carbonyl (C=O) groups excluding carboxylic acids is 2. The van der Waals surface area contributed by atoms with Gasteiger partial charge in [-0.25, -0.2) is 9.78 Å². The van der Waals surface area contributed by atoms with Gasteiger partial charge in [0.1, 0.15) is 0 Å². The second-order valence-electron chi connectivity index (χ2n) is 4.92. The number of ether oxygens (including phenoxy) is 1. The molecule has 0 fully saturated rings. The quantitative estimate of drug-likeness (QED) is 0.692. The fourth-order valence-electron chi connectivity index (χ4n) is 2.10. The van der Waals surface area contributed by atoms with Crippen LogP contribution in [0.15, 0.2) is 42.7 Å². The van der Waals surface area contributed by atoms with Crippen molar-refractivity contribution in [2.75, 3.05) is 11.9 Å². The number of hydrogen-bond acceptors (Lipinski definition) is 4. The Morgan fingerprint density at radius 3 is 2.62 bits per heavy atom. The van der Waals surface area contributed by atoms with Gasteiger partial charge in [0.05, 0.1) is 22.9 Å². The van der Waals surface area contributed by atoms with E-state index >= 15 is 0 Å². The van der Waals surface area contributed by atoms with Crippen LogP contribution in [0.4, 0.5) is 5.69 Å². The molecule has 1 amide bonds. The standard InChI is InChI=1S/C16H11Cl2N3O3/c17-10-4-11(18)6-12(5-10)21-15(22)7-24-16(23)9-1-2-13-14(3-9)20-8-19-13/h1-6,8H,7H2,(H,19,20)(H,21,22). The monoisotopic (exact) mass is 363 g/mol. The molecule has 0 aliphatic heterocycles. The number of benzene rings is 2. The molecule has 0 spiro atoms. The fraction of sp³-hybridized carbons (Fsp3) is 0.0625. The molecule has 1 heterocycles. The highest BCUT2D eigenvalue weighted by Gasteiger charge is 2.12. The highest BCUT2D eigenvalue weighted by molar-refractivity contribution is 6.35. The first-order valence-corrected chi connectivity index (χ1v) is 7.63. The molecule has 0 atom stereocenters. The van der Waals surface area contributed by atoms with Crippen molar-refractivity contribution in [3.05, 3.63) is 58.3 Å². The van der Waals surface area contributed by atoms with Crippen LogP contribution in [0.25, 0.3) is 11.0 Å². The normalized spacial score (nSPS) is 10.6. The van der Waals surface area contributed by atoms with E-state index in [1.54, 1.807) is 36.4 Å². The van der Waals surface area contributed by atoms with Crippen molar-refractivity contribution in [3.8, 4) is 0 Å². The lowest BCUT2D eigenvalue weighted by atomic mass is 10.2. The van der Waals surface area contributed by atoms with Crippen LogP contribution in [0, 0.1) is 0 Å². The lowest BCUT2D eigenvalue weighted by Crippen LogP contribution is -2.20. The van der Waals surface area contributed by atoms with Crippen LogP contribution < -0.4 is 5.32 Å². The number of aromatic amines is 1. The van der Waals surface area contributed by atoms with Crippen molar-refractivity contribution < 1.29 is 14.3 Å². The zero-order valence-electron chi connectivity index (χ0n) is 12.2. The van der Waals surface area contributed by atoms with E-state index in [-0.39, 0.29) is 0 Å². The average molecular weight is 364 g/mol. The molecule has 3 aromatic rings. The number of imidazole rings is 1.